The predicted octanol–water partition coefficient (Wildman–Crippen LogP) is 3.80. The van der Waals surface area contributed by atoms with E-state index < -0.39 is 0 Å². The van der Waals surface area contributed by atoms with Crippen molar-refractivity contribution in [1.29, 1.82) is 0 Å². The Morgan fingerprint density at radius 2 is 2.33 bits per heavy atom. The van der Waals surface area contributed by atoms with Gasteiger partial charge >= 0.3 is 0 Å². The molecule has 1 aromatic rings. The van der Waals surface area contributed by atoms with E-state index in [0.717, 1.165) is 35.4 Å². The van der Waals surface area contributed by atoms with Crippen molar-refractivity contribution in [2.24, 2.45) is 5.92 Å². The highest BCUT2D eigenvalue weighted by atomic mass is 35.5. The summed E-state index contributed by atoms with van der Waals surface area (Å²) in [5.74, 6) is 1.70. The molecule has 4 heteroatoms. The summed E-state index contributed by atoms with van der Waals surface area (Å²) in [7, 11) is 0. The summed E-state index contributed by atoms with van der Waals surface area (Å²) in [5.41, 5.74) is 2.96. The fourth-order valence-electron chi connectivity index (χ4n) is 2.29. The highest BCUT2D eigenvalue weighted by Gasteiger charge is 2.28. The fourth-order valence-corrected chi connectivity index (χ4v) is 2.52. The molecule has 2 unspecified atom stereocenters. The van der Waals surface area contributed by atoms with Crippen molar-refractivity contribution in [1.82, 2.24) is 4.98 Å². The van der Waals surface area contributed by atoms with Crippen LogP contribution >= 0.6 is 11.6 Å². The van der Waals surface area contributed by atoms with Crippen LogP contribution in [0.1, 0.15) is 43.5 Å². The highest BCUT2D eigenvalue weighted by Crippen LogP contribution is 2.34. The molecule has 0 radical (unpaired) electrons. The van der Waals surface area contributed by atoms with Gasteiger partial charge in [-0.05, 0) is 18.9 Å². The van der Waals surface area contributed by atoms with Crippen LogP contribution < -0.4 is 4.74 Å². The summed E-state index contributed by atoms with van der Waals surface area (Å²) in [4.78, 5) is 4.34. The number of hydrogen-bond donors (Lipinski definition) is 0. The maximum absolute atomic E-state index is 5.98. The SMILES string of the molecule is CCCC(C)C1OCc2c(CCl)cnc(C)c2O1. The maximum Gasteiger partial charge on any atom is 0.202 e. The Morgan fingerprint density at radius 3 is 3.00 bits per heavy atom. The average molecular weight is 270 g/mol. The molecule has 0 fully saturated rings. The zero-order chi connectivity index (χ0) is 13.1. The van der Waals surface area contributed by atoms with E-state index in [2.05, 4.69) is 18.8 Å². The first-order valence-corrected chi connectivity index (χ1v) is 7.02. The number of fused-ring (bicyclic) bond motifs is 1. The fraction of sp³-hybridized carbons (Fsp3) is 0.643. The molecule has 0 aliphatic carbocycles. The molecule has 1 aliphatic heterocycles. The van der Waals surface area contributed by atoms with Gasteiger partial charge in [0.05, 0.1) is 12.3 Å². The Balaban J connectivity index is 2.23. The molecule has 1 aromatic heterocycles. The highest BCUT2D eigenvalue weighted by molar-refractivity contribution is 6.17. The Kier molecular flexibility index (Phi) is 4.46. The number of ether oxygens (including phenoxy) is 2. The van der Waals surface area contributed by atoms with Gasteiger partial charge in [-0.3, -0.25) is 4.98 Å². The third-order valence-corrected chi connectivity index (χ3v) is 3.67. The summed E-state index contributed by atoms with van der Waals surface area (Å²) >= 11 is 5.91. The van der Waals surface area contributed by atoms with Crippen LogP contribution in [0, 0.1) is 12.8 Å². The van der Waals surface area contributed by atoms with Gasteiger partial charge in [0.25, 0.3) is 0 Å². The van der Waals surface area contributed by atoms with Crippen molar-refractivity contribution in [3.05, 3.63) is 23.0 Å². The molecule has 0 spiro atoms. The number of nitrogens with zero attached hydrogens (tertiary/aromatic N) is 1. The lowest BCUT2D eigenvalue weighted by molar-refractivity contribution is -0.138. The van der Waals surface area contributed by atoms with Crippen molar-refractivity contribution < 1.29 is 9.47 Å². The van der Waals surface area contributed by atoms with E-state index in [1.807, 2.05) is 13.1 Å². The Morgan fingerprint density at radius 1 is 1.56 bits per heavy atom. The van der Waals surface area contributed by atoms with Gasteiger partial charge < -0.3 is 9.47 Å². The predicted molar refractivity (Wildman–Crippen MR) is 71.8 cm³/mol. The Hall–Kier alpha value is -0.800. The topological polar surface area (TPSA) is 31.4 Å². The second-order valence-corrected chi connectivity index (χ2v) is 5.14. The van der Waals surface area contributed by atoms with Gasteiger partial charge in [0.2, 0.25) is 6.29 Å². The first-order chi connectivity index (χ1) is 8.67. The van der Waals surface area contributed by atoms with E-state index in [0.29, 0.717) is 18.4 Å². The molecule has 2 atom stereocenters. The van der Waals surface area contributed by atoms with Crippen molar-refractivity contribution in [2.75, 3.05) is 0 Å². The van der Waals surface area contributed by atoms with E-state index >= 15 is 0 Å². The monoisotopic (exact) mass is 269 g/mol. The molecule has 0 saturated heterocycles. The van der Waals surface area contributed by atoms with Crippen LogP contribution in [0.25, 0.3) is 0 Å². The normalized spacial score (nSPS) is 20.1. The van der Waals surface area contributed by atoms with Crippen molar-refractivity contribution in [2.45, 2.75) is 52.4 Å². The van der Waals surface area contributed by atoms with Crippen LogP contribution in [0.4, 0.5) is 0 Å². The molecule has 0 saturated carbocycles. The van der Waals surface area contributed by atoms with Crippen molar-refractivity contribution >= 4 is 11.6 Å². The van der Waals surface area contributed by atoms with Gasteiger partial charge in [-0.1, -0.05) is 20.3 Å². The largest absolute Gasteiger partial charge is 0.462 e. The summed E-state index contributed by atoms with van der Waals surface area (Å²) in [6.45, 7) is 6.86. The second-order valence-electron chi connectivity index (χ2n) is 4.87. The number of alkyl halides is 1. The standard InChI is InChI=1S/C14H20ClNO2/c1-4-5-9(2)14-17-8-12-11(6-15)7-16-10(3)13(12)18-14/h7,9,14H,4-6,8H2,1-3H3. The van der Waals surface area contributed by atoms with Gasteiger partial charge in [0.15, 0.2) is 0 Å². The lowest BCUT2D eigenvalue weighted by atomic mass is 10.0. The minimum atomic E-state index is -0.163. The minimum absolute atomic E-state index is 0.163. The third kappa shape index (κ3) is 2.62. The number of rotatable bonds is 4. The zero-order valence-electron chi connectivity index (χ0n) is 11.2. The maximum atomic E-state index is 5.98. The molecule has 0 amide bonds. The van der Waals surface area contributed by atoms with Crippen LogP contribution in [0.2, 0.25) is 0 Å². The Labute approximate surface area is 113 Å². The number of aromatic nitrogens is 1. The van der Waals surface area contributed by atoms with Gasteiger partial charge in [-0.15, -0.1) is 11.6 Å². The van der Waals surface area contributed by atoms with Gasteiger partial charge in [0, 0.05) is 23.6 Å². The number of aryl methyl sites for hydroxylation is 1. The lowest BCUT2D eigenvalue weighted by Crippen LogP contribution is -2.32. The van der Waals surface area contributed by atoms with Crippen LogP contribution in [-0.4, -0.2) is 11.3 Å². The van der Waals surface area contributed by atoms with E-state index in [1.54, 1.807) is 0 Å². The summed E-state index contributed by atoms with van der Waals surface area (Å²) in [6.07, 6.45) is 3.88. The van der Waals surface area contributed by atoms with Gasteiger partial charge in [-0.25, -0.2) is 0 Å². The molecule has 18 heavy (non-hydrogen) atoms. The van der Waals surface area contributed by atoms with Crippen molar-refractivity contribution in [3.8, 4) is 5.75 Å². The zero-order valence-corrected chi connectivity index (χ0v) is 12.0. The number of halogens is 1. The quantitative estimate of drug-likeness (QED) is 0.779. The van der Waals surface area contributed by atoms with Gasteiger partial charge in [0.1, 0.15) is 5.75 Å². The van der Waals surface area contributed by atoms with Crippen LogP contribution in [-0.2, 0) is 17.2 Å². The van der Waals surface area contributed by atoms with E-state index in [1.165, 1.54) is 0 Å². The number of pyridine rings is 1. The summed E-state index contributed by atoms with van der Waals surface area (Å²) in [5, 5.41) is 0. The molecule has 100 valence electrons. The molecule has 2 rings (SSSR count). The van der Waals surface area contributed by atoms with Gasteiger partial charge in [-0.2, -0.15) is 0 Å². The molecule has 1 aliphatic rings. The average Bonchev–Trinajstić information content (AvgIpc) is 2.39. The number of hydrogen-bond acceptors (Lipinski definition) is 3. The first-order valence-electron chi connectivity index (χ1n) is 6.49. The van der Waals surface area contributed by atoms with Crippen molar-refractivity contribution in [3.63, 3.8) is 0 Å². The van der Waals surface area contributed by atoms with E-state index in [-0.39, 0.29) is 6.29 Å². The Bertz CT molecular complexity index is 423. The first kappa shape index (κ1) is 13.6. The van der Waals surface area contributed by atoms with Crippen LogP contribution in [0.5, 0.6) is 5.75 Å². The van der Waals surface area contributed by atoms with E-state index in [4.69, 9.17) is 21.1 Å². The molecular weight excluding hydrogens is 250 g/mol. The molecular formula is C14H20ClNO2. The van der Waals surface area contributed by atoms with Crippen LogP contribution in [0.15, 0.2) is 6.20 Å². The minimum Gasteiger partial charge on any atom is -0.462 e. The third-order valence-electron chi connectivity index (χ3n) is 3.38. The summed E-state index contributed by atoms with van der Waals surface area (Å²) < 4.78 is 11.8. The van der Waals surface area contributed by atoms with E-state index in [9.17, 15) is 0 Å². The molecule has 0 N–H and O–H groups in total. The lowest BCUT2D eigenvalue weighted by Gasteiger charge is -2.31. The smallest absolute Gasteiger partial charge is 0.202 e. The van der Waals surface area contributed by atoms with Crippen LogP contribution in [0.3, 0.4) is 0 Å². The molecule has 0 bridgehead atoms. The molecule has 3 nitrogen and oxygen atoms in total. The second kappa shape index (κ2) is 5.89. The molecule has 0 aromatic carbocycles. The molecule has 2 heterocycles. The summed E-state index contributed by atoms with van der Waals surface area (Å²) in [6, 6.07) is 0.